The Labute approximate surface area is 108 Å². The highest BCUT2D eigenvalue weighted by molar-refractivity contribution is 9.10. The molecular formula is C12H12BrNO3. The quantitative estimate of drug-likeness (QED) is 0.801. The van der Waals surface area contributed by atoms with E-state index in [4.69, 9.17) is 14.7 Å². The van der Waals surface area contributed by atoms with Crippen LogP contribution in [0.4, 0.5) is 0 Å². The van der Waals surface area contributed by atoms with Gasteiger partial charge in [-0.05, 0) is 28.9 Å². The fourth-order valence-corrected chi connectivity index (χ4v) is 2.05. The molecule has 0 heterocycles. The van der Waals surface area contributed by atoms with Crippen LogP contribution in [-0.2, 0) is 16.0 Å². The summed E-state index contributed by atoms with van der Waals surface area (Å²) in [6, 6.07) is 5.37. The van der Waals surface area contributed by atoms with Gasteiger partial charge in [0.2, 0.25) is 0 Å². The summed E-state index contributed by atoms with van der Waals surface area (Å²) in [7, 11) is 1.50. The van der Waals surface area contributed by atoms with Gasteiger partial charge >= 0.3 is 5.97 Å². The van der Waals surface area contributed by atoms with Crippen molar-refractivity contribution in [2.75, 3.05) is 13.7 Å². The van der Waals surface area contributed by atoms with Gasteiger partial charge in [-0.3, -0.25) is 4.79 Å². The molecule has 0 radical (unpaired) electrons. The van der Waals surface area contributed by atoms with Gasteiger partial charge in [0.05, 0.1) is 30.2 Å². The summed E-state index contributed by atoms with van der Waals surface area (Å²) in [5.74, 6) is 0.180. The van der Waals surface area contributed by atoms with Gasteiger partial charge < -0.3 is 9.47 Å². The number of rotatable bonds is 4. The first-order chi connectivity index (χ1) is 8.13. The molecule has 0 fully saturated rings. The molecule has 1 aromatic carbocycles. The Morgan fingerprint density at radius 3 is 2.76 bits per heavy atom. The van der Waals surface area contributed by atoms with Crippen LogP contribution in [0.1, 0.15) is 18.1 Å². The van der Waals surface area contributed by atoms with Gasteiger partial charge in [0.15, 0.2) is 0 Å². The maximum absolute atomic E-state index is 11.4. The van der Waals surface area contributed by atoms with E-state index < -0.39 is 0 Å². The van der Waals surface area contributed by atoms with Crippen LogP contribution in [0.2, 0.25) is 0 Å². The molecule has 0 aromatic heterocycles. The smallest absolute Gasteiger partial charge is 0.310 e. The zero-order chi connectivity index (χ0) is 12.8. The second kappa shape index (κ2) is 6.26. The molecule has 5 heteroatoms. The van der Waals surface area contributed by atoms with Gasteiger partial charge in [0.1, 0.15) is 11.8 Å². The highest BCUT2D eigenvalue weighted by atomic mass is 79.9. The molecule has 1 rings (SSSR count). The Hall–Kier alpha value is -1.54. The number of carbonyl (C=O) groups is 1. The average molecular weight is 298 g/mol. The van der Waals surface area contributed by atoms with Crippen molar-refractivity contribution in [2.24, 2.45) is 0 Å². The second-order valence-electron chi connectivity index (χ2n) is 3.21. The van der Waals surface area contributed by atoms with Crippen LogP contribution in [-0.4, -0.2) is 19.7 Å². The zero-order valence-corrected chi connectivity index (χ0v) is 11.2. The lowest BCUT2D eigenvalue weighted by Crippen LogP contribution is -2.09. The van der Waals surface area contributed by atoms with Crippen LogP contribution in [0.15, 0.2) is 16.6 Å². The molecule has 0 spiro atoms. The molecule has 0 bridgehead atoms. The SMILES string of the molecule is CCOC(=O)Cc1ccc(C#N)c(Br)c1OC. The standard InChI is InChI=1S/C12H12BrNO3/c1-3-17-10(15)6-8-4-5-9(7-14)11(13)12(8)16-2/h4-5H,3,6H2,1-2H3. The minimum atomic E-state index is -0.317. The molecule has 4 nitrogen and oxygen atoms in total. The third-order valence-corrected chi connectivity index (χ3v) is 2.93. The van der Waals surface area contributed by atoms with Crippen molar-refractivity contribution in [3.05, 3.63) is 27.7 Å². The third kappa shape index (κ3) is 3.21. The third-order valence-electron chi connectivity index (χ3n) is 2.14. The summed E-state index contributed by atoms with van der Waals surface area (Å²) in [6.45, 7) is 2.10. The molecule has 0 aliphatic rings. The van der Waals surface area contributed by atoms with Crippen molar-refractivity contribution in [2.45, 2.75) is 13.3 Å². The number of ether oxygens (including phenoxy) is 2. The van der Waals surface area contributed by atoms with E-state index in [-0.39, 0.29) is 12.4 Å². The molecule has 0 saturated carbocycles. The Balaban J connectivity index is 3.05. The molecule has 0 saturated heterocycles. The molecular weight excluding hydrogens is 286 g/mol. The number of nitriles is 1. The topological polar surface area (TPSA) is 59.3 Å². The van der Waals surface area contributed by atoms with E-state index in [1.54, 1.807) is 19.1 Å². The van der Waals surface area contributed by atoms with Crippen LogP contribution in [0.25, 0.3) is 0 Å². The molecule has 17 heavy (non-hydrogen) atoms. The lowest BCUT2D eigenvalue weighted by molar-refractivity contribution is -0.142. The van der Waals surface area contributed by atoms with Gasteiger partial charge in [0, 0.05) is 5.56 Å². The first-order valence-corrected chi connectivity index (χ1v) is 5.84. The first-order valence-electron chi connectivity index (χ1n) is 5.05. The minimum Gasteiger partial charge on any atom is -0.495 e. The van der Waals surface area contributed by atoms with Crippen molar-refractivity contribution in [3.8, 4) is 11.8 Å². The van der Waals surface area contributed by atoms with E-state index in [0.717, 1.165) is 0 Å². The van der Waals surface area contributed by atoms with E-state index in [0.29, 0.717) is 28.0 Å². The van der Waals surface area contributed by atoms with Crippen LogP contribution >= 0.6 is 15.9 Å². The van der Waals surface area contributed by atoms with Crippen LogP contribution in [0.5, 0.6) is 5.75 Å². The summed E-state index contributed by atoms with van der Waals surface area (Å²) in [4.78, 5) is 11.4. The van der Waals surface area contributed by atoms with E-state index in [1.807, 2.05) is 6.07 Å². The molecule has 90 valence electrons. The monoisotopic (exact) mass is 297 g/mol. The molecule has 0 aliphatic heterocycles. The van der Waals surface area contributed by atoms with Gasteiger partial charge in [-0.1, -0.05) is 6.07 Å². The zero-order valence-electron chi connectivity index (χ0n) is 9.62. The largest absolute Gasteiger partial charge is 0.495 e. The van der Waals surface area contributed by atoms with E-state index >= 15 is 0 Å². The van der Waals surface area contributed by atoms with Crippen molar-refractivity contribution < 1.29 is 14.3 Å². The minimum absolute atomic E-state index is 0.126. The molecule has 0 aliphatic carbocycles. The van der Waals surface area contributed by atoms with E-state index in [2.05, 4.69) is 15.9 Å². The first kappa shape index (κ1) is 13.5. The number of esters is 1. The van der Waals surface area contributed by atoms with E-state index in [1.165, 1.54) is 7.11 Å². The Kier molecular flexibility index (Phi) is 4.98. The Morgan fingerprint density at radius 2 is 2.24 bits per heavy atom. The van der Waals surface area contributed by atoms with Crippen LogP contribution in [0, 0.1) is 11.3 Å². The second-order valence-corrected chi connectivity index (χ2v) is 4.01. The number of methoxy groups -OCH3 is 1. The lowest BCUT2D eigenvalue weighted by Gasteiger charge is -2.10. The Morgan fingerprint density at radius 1 is 1.53 bits per heavy atom. The maximum Gasteiger partial charge on any atom is 0.310 e. The summed E-state index contributed by atoms with van der Waals surface area (Å²) < 4.78 is 10.6. The fraction of sp³-hybridized carbons (Fsp3) is 0.333. The summed E-state index contributed by atoms with van der Waals surface area (Å²) in [6.07, 6.45) is 0.126. The molecule has 0 N–H and O–H groups in total. The highest BCUT2D eigenvalue weighted by Crippen LogP contribution is 2.32. The van der Waals surface area contributed by atoms with Crippen LogP contribution in [0.3, 0.4) is 0 Å². The summed E-state index contributed by atoms with van der Waals surface area (Å²) in [5.41, 5.74) is 1.16. The summed E-state index contributed by atoms with van der Waals surface area (Å²) >= 11 is 3.28. The lowest BCUT2D eigenvalue weighted by atomic mass is 10.1. The number of hydrogen-bond acceptors (Lipinski definition) is 4. The molecule has 0 unspecified atom stereocenters. The van der Waals surface area contributed by atoms with Gasteiger partial charge in [0.25, 0.3) is 0 Å². The Bertz CT molecular complexity index is 466. The van der Waals surface area contributed by atoms with Crippen molar-refractivity contribution in [1.82, 2.24) is 0 Å². The fourth-order valence-electron chi connectivity index (χ4n) is 1.41. The normalized spacial score (nSPS) is 9.53. The number of carbonyl (C=O) groups excluding carboxylic acids is 1. The number of hydrogen-bond donors (Lipinski definition) is 0. The average Bonchev–Trinajstić information content (AvgIpc) is 2.30. The molecule has 0 amide bonds. The maximum atomic E-state index is 11.4. The highest BCUT2D eigenvalue weighted by Gasteiger charge is 2.15. The predicted molar refractivity (Wildman–Crippen MR) is 65.7 cm³/mol. The van der Waals surface area contributed by atoms with Crippen molar-refractivity contribution in [3.63, 3.8) is 0 Å². The van der Waals surface area contributed by atoms with Crippen molar-refractivity contribution in [1.29, 1.82) is 5.26 Å². The number of halogens is 1. The van der Waals surface area contributed by atoms with Gasteiger partial charge in [-0.15, -0.1) is 0 Å². The number of benzene rings is 1. The molecule has 0 atom stereocenters. The van der Waals surface area contributed by atoms with E-state index in [9.17, 15) is 4.79 Å². The van der Waals surface area contributed by atoms with Gasteiger partial charge in [-0.25, -0.2) is 0 Å². The predicted octanol–water partition coefficient (Wildman–Crippen LogP) is 2.43. The number of nitrogens with zero attached hydrogens (tertiary/aromatic N) is 1. The molecule has 1 aromatic rings. The van der Waals surface area contributed by atoms with Crippen molar-refractivity contribution >= 4 is 21.9 Å². The van der Waals surface area contributed by atoms with Gasteiger partial charge in [-0.2, -0.15) is 5.26 Å². The summed E-state index contributed by atoms with van der Waals surface area (Å²) in [5, 5.41) is 8.87. The van der Waals surface area contributed by atoms with Crippen LogP contribution < -0.4 is 4.74 Å².